The van der Waals surface area contributed by atoms with E-state index in [4.69, 9.17) is 0 Å². The molecule has 0 aromatic heterocycles. The van der Waals surface area contributed by atoms with E-state index >= 15 is 0 Å². The van der Waals surface area contributed by atoms with Gasteiger partial charge in [-0.05, 0) is 25.1 Å². The van der Waals surface area contributed by atoms with Crippen LogP contribution in [-0.2, 0) is 16.2 Å². The van der Waals surface area contributed by atoms with Gasteiger partial charge in [-0.15, -0.1) is 0 Å². The van der Waals surface area contributed by atoms with Gasteiger partial charge < -0.3 is 9.87 Å². The number of nitrogens with one attached hydrogen (secondary N) is 1. The molecule has 1 rings (SSSR count). The second kappa shape index (κ2) is 6.23. The van der Waals surface area contributed by atoms with Crippen LogP contribution in [0.5, 0.6) is 0 Å². The van der Waals surface area contributed by atoms with Gasteiger partial charge in [0.15, 0.2) is 0 Å². The molecule has 0 saturated heterocycles. The minimum atomic E-state index is -5.04. The van der Waals surface area contributed by atoms with Crippen LogP contribution in [0.3, 0.4) is 0 Å². The molecule has 110 valence electrons. The number of hydrogen-bond donors (Lipinski definition) is 1. The Labute approximate surface area is 115 Å². The first kappa shape index (κ1) is 16.4. The van der Waals surface area contributed by atoms with E-state index in [1.807, 2.05) is 0 Å². The number of carbonyl (C=O) groups excluding carboxylic acids is 1. The van der Waals surface area contributed by atoms with Gasteiger partial charge in [-0.1, -0.05) is 4.40 Å². The van der Waals surface area contributed by atoms with Gasteiger partial charge in [-0.2, -0.15) is 13.2 Å². The Hall–Kier alpha value is -1.61. The predicted octanol–water partition coefficient (Wildman–Crippen LogP) is 2.43. The molecule has 0 fully saturated rings. The summed E-state index contributed by atoms with van der Waals surface area (Å²) in [6.07, 6.45) is -3.78. The average molecular weight is 310 g/mol. The van der Waals surface area contributed by atoms with Crippen molar-refractivity contribution in [1.29, 1.82) is 0 Å². The maximum atomic E-state index is 13.5. The molecule has 1 amide bonds. The quantitative estimate of drug-likeness (QED) is 0.529. The second-order valence-electron chi connectivity index (χ2n) is 3.75. The molecule has 0 spiro atoms. The first-order valence-corrected chi connectivity index (χ1v) is 6.69. The van der Waals surface area contributed by atoms with Crippen molar-refractivity contribution >= 4 is 28.7 Å². The number of rotatable bonds is 3. The first-order chi connectivity index (χ1) is 9.11. The van der Waals surface area contributed by atoms with Gasteiger partial charge in [0.1, 0.15) is 12.1 Å². The maximum absolute atomic E-state index is 13.5. The van der Waals surface area contributed by atoms with Crippen LogP contribution in [0.25, 0.3) is 0 Å². The SMILES string of the molecule is CC(=N[S+](C)[O-])c1cc(NC(=O)C(F)(F)F)ccc1F. The highest BCUT2D eigenvalue weighted by molar-refractivity contribution is 7.89. The molecule has 20 heavy (non-hydrogen) atoms. The normalized spacial score (nSPS) is 14.1. The molecule has 1 N–H and O–H groups in total. The highest BCUT2D eigenvalue weighted by atomic mass is 32.2. The Balaban J connectivity index is 3.07. The van der Waals surface area contributed by atoms with Crippen LogP contribution in [0.1, 0.15) is 12.5 Å². The summed E-state index contributed by atoms with van der Waals surface area (Å²) in [5.41, 5.74) is -0.327. The molecule has 9 heteroatoms. The van der Waals surface area contributed by atoms with Crippen molar-refractivity contribution < 1.29 is 26.9 Å². The number of anilines is 1. The van der Waals surface area contributed by atoms with Crippen molar-refractivity contribution in [3.8, 4) is 0 Å². The van der Waals surface area contributed by atoms with Crippen molar-refractivity contribution in [1.82, 2.24) is 0 Å². The number of alkyl halides is 3. The Morgan fingerprint density at radius 1 is 1.40 bits per heavy atom. The minimum absolute atomic E-state index is 0.0476. The molecule has 1 aromatic rings. The topological polar surface area (TPSA) is 64.5 Å². The third-order valence-corrected chi connectivity index (χ3v) is 2.67. The second-order valence-corrected chi connectivity index (χ2v) is 4.78. The molecular weight excluding hydrogens is 300 g/mol. The van der Waals surface area contributed by atoms with E-state index < -0.39 is 29.3 Å². The summed E-state index contributed by atoms with van der Waals surface area (Å²) in [7, 11) is 0. The number of benzene rings is 1. The fourth-order valence-electron chi connectivity index (χ4n) is 1.32. The first-order valence-electron chi connectivity index (χ1n) is 5.18. The van der Waals surface area contributed by atoms with Gasteiger partial charge in [0.05, 0.1) is 17.1 Å². The van der Waals surface area contributed by atoms with E-state index in [1.54, 1.807) is 5.32 Å². The molecule has 0 aliphatic heterocycles. The van der Waals surface area contributed by atoms with E-state index in [0.29, 0.717) is 0 Å². The molecule has 1 unspecified atom stereocenters. The van der Waals surface area contributed by atoms with Crippen LogP contribution in [0.15, 0.2) is 22.6 Å². The largest absolute Gasteiger partial charge is 0.592 e. The summed E-state index contributed by atoms with van der Waals surface area (Å²) in [5.74, 6) is -2.91. The summed E-state index contributed by atoms with van der Waals surface area (Å²) in [4.78, 5) is 10.8. The number of carbonyl (C=O) groups is 1. The molecule has 0 aliphatic carbocycles. The van der Waals surface area contributed by atoms with Crippen LogP contribution in [0.4, 0.5) is 23.2 Å². The lowest BCUT2D eigenvalue weighted by Gasteiger charge is -2.10. The molecule has 1 atom stereocenters. The zero-order chi connectivity index (χ0) is 15.5. The van der Waals surface area contributed by atoms with Crippen molar-refractivity contribution in [2.45, 2.75) is 13.1 Å². The molecule has 0 radical (unpaired) electrons. The van der Waals surface area contributed by atoms with Crippen molar-refractivity contribution in [2.24, 2.45) is 4.40 Å². The molecule has 1 aromatic carbocycles. The van der Waals surface area contributed by atoms with E-state index in [-0.39, 0.29) is 17.0 Å². The number of halogens is 4. The van der Waals surface area contributed by atoms with E-state index in [1.165, 1.54) is 13.2 Å². The fourth-order valence-corrected chi connectivity index (χ4v) is 1.81. The zero-order valence-corrected chi connectivity index (χ0v) is 11.2. The summed E-state index contributed by atoms with van der Waals surface area (Å²) in [6, 6.07) is 2.86. The van der Waals surface area contributed by atoms with Crippen molar-refractivity contribution in [3.05, 3.63) is 29.6 Å². The van der Waals surface area contributed by atoms with Crippen LogP contribution in [-0.4, -0.2) is 28.6 Å². The summed E-state index contributed by atoms with van der Waals surface area (Å²) >= 11 is -1.58. The summed E-state index contributed by atoms with van der Waals surface area (Å²) in [5, 5.41) is 1.60. The van der Waals surface area contributed by atoms with Crippen molar-refractivity contribution in [2.75, 3.05) is 11.6 Å². The van der Waals surface area contributed by atoms with Gasteiger partial charge in [0.25, 0.3) is 0 Å². The lowest BCUT2D eigenvalue weighted by molar-refractivity contribution is -0.167. The Morgan fingerprint density at radius 2 is 2.00 bits per heavy atom. The number of nitrogens with zero attached hydrogens (tertiary/aromatic N) is 1. The number of amides is 1. The van der Waals surface area contributed by atoms with Gasteiger partial charge >= 0.3 is 12.1 Å². The van der Waals surface area contributed by atoms with Crippen LogP contribution >= 0.6 is 0 Å². The summed E-state index contributed by atoms with van der Waals surface area (Å²) in [6.45, 7) is 1.36. The maximum Gasteiger partial charge on any atom is 0.471 e. The van der Waals surface area contributed by atoms with E-state index in [2.05, 4.69) is 4.40 Å². The molecular formula is C11H10F4N2O2S. The monoisotopic (exact) mass is 310 g/mol. The third-order valence-electron chi connectivity index (χ3n) is 2.14. The Bertz CT molecular complexity index is 544. The highest BCUT2D eigenvalue weighted by Gasteiger charge is 2.38. The minimum Gasteiger partial charge on any atom is -0.592 e. The average Bonchev–Trinajstić information content (AvgIpc) is 2.29. The molecule has 0 bridgehead atoms. The molecule has 0 heterocycles. The van der Waals surface area contributed by atoms with E-state index in [0.717, 1.165) is 18.2 Å². The van der Waals surface area contributed by atoms with Crippen LogP contribution in [0, 0.1) is 5.82 Å². The lowest BCUT2D eigenvalue weighted by Crippen LogP contribution is -2.30. The van der Waals surface area contributed by atoms with Crippen molar-refractivity contribution in [3.63, 3.8) is 0 Å². The zero-order valence-electron chi connectivity index (χ0n) is 10.4. The fraction of sp³-hybridized carbons (Fsp3) is 0.273. The summed E-state index contributed by atoms with van der Waals surface area (Å²) < 4.78 is 64.3. The molecule has 0 saturated carbocycles. The third kappa shape index (κ3) is 4.49. The van der Waals surface area contributed by atoms with Gasteiger partial charge in [-0.25, -0.2) is 4.39 Å². The standard InChI is InChI=1S/C11H10F4N2O2S/c1-6(17-20(2)19)8-5-7(3-4-9(8)12)16-10(18)11(13,14)15/h3-5H,1-2H3,(H,16,18). The molecule has 0 aliphatic rings. The van der Waals surface area contributed by atoms with Crippen LogP contribution in [0.2, 0.25) is 0 Å². The van der Waals surface area contributed by atoms with Crippen LogP contribution < -0.4 is 5.32 Å². The number of hydrogen-bond acceptors (Lipinski definition) is 3. The molecule has 4 nitrogen and oxygen atoms in total. The smallest absolute Gasteiger partial charge is 0.471 e. The van der Waals surface area contributed by atoms with Gasteiger partial charge in [0.2, 0.25) is 0 Å². The highest BCUT2D eigenvalue weighted by Crippen LogP contribution is 2.20. The lowest BCUT2D eigenvalue weighted by atomic mass is 10.1. The Morgan fingerprint density at radius 3 is 2.50 bits per heavy atom. The Kier molecular flexibility index (Phi) is 5.12. The predicted molar refractivity (Wildman–Crippen MR) is 67.4 cm³/mol. The van der Waals surface area contributed by atoms with Gasteiger partial charge in [-0.3, -0.25) is 4.79 Å². The van der Waals surface area contributed by atoms with Gasteiger partial charge in [0, 0.05) is 11.3 Å². The van der Waals surface area contributed by atoms with E-state index in [9.17, 15) is 26.9 Å².